The van der Waals surface area contributed by atoms with E-state index in [-0.39, 0.29) is 30.6 Å². The standard InChI is InChI=1S/C47H58N4O5/c1-46(2)25-37-26-47(3,30-46)31-51(37)28-38-24-42(34-18-16-32(29-52)17-19-34)56-45(55-38)35-22-20-33(21-23-35)39-11-5-4-10-36(39)27-49-43(53)14-8-9-15-44(54)50-41-13-7-6-12-40(41)48/h4-7,10-13,16-23,37-38,42,45,52H,8-9,14-15,24-31,48H2,1-3H3,(H,49,53)(H,50,54)/t37?,38-,42+,45+,47?/m0/s1. The molecule has 5 N–H and O–H groups in total. The molecule has 9 nitrogen and oxygen atoms in total. The second-order valence-electron chi connectivity index (χ2n) is 17.4. The summed E-state index contributed by atoms with van der Waals surface area (Å²) in [6, 6.07) is 32.4. The van der Waals surface area contributed by atoms with Crippen LogP contribution < -0.4 is 16.4 Å². The first-order valence-electron chi connectivity index (χ1n) is 20.3. The molecule has 2 unspecified atom stereocenters. The number of para-hydroxylation sites is 2. The van der Waals surface area contributed by atoms with E-state index in [1.54, 1.807) is 12.1 Å². The minimum Gasteiger partial charge on any atom is -0.397 e. The number of nitrogen functional groups attached to an aromatic ring is 1. The third kappa shape index (κ3) is 9.87. The van der Waals surface area contributed by atoms with Crippen molar-refractivity contribution in [2.24, 2.45) is 10.8 Å². The molecule has 1 aliphatic carbocycles. The Kier molecular flexibility index (Phi) is 12.3. The largest absolute Gasteiger partial charge is 0.397 e. The van der Waals surface area contributed by atoms with Crippen LogP contribution >= 0.6 is 0 Å². The van der Waals surface area contributed by atoms with Crippen molar-refractivity contribution in [3.05, 3.63) is 119 Å². The molecule has 2 amide bonds. The molecule has 296 valence electrons. The summed E-state index contributed by atoms with van der Waals surface area (Å²) in [5.41, 5.74) is 13.8. The molecule has 0 radical (unpaired) electrons. The summed E-state index contributed by atoms with van der Waals surface area (Å²) >= 11 is 0. The molecule has 4 aromatic carbocycles. The fourth-order valence-corrected chi connectivity index (χ4v) is 9.54. The van der Waals surface area contributed by atoms with E-state index in [0.717, 1.165) is 52.9 Å². The number of aliphatic hydroxyl groups excluding tert-OH is 1. The van der Waals surface area contributed by atoms with Gasteiger partial charge >= 0.3 is 0 Å². The average Bonchev–Trinajstić information content (AvgIpc) is 3.43. The van der Waals surface area contributed by atoms with Crippen molar-refractivity contribution in [2.75, 3.05) is 24.1 Å². The predicted molar refractivity (Wildman–Crippen MR) is 221 cm³/mol. The molecule has 9 heteroatoms. The Morgan fingerprint density at radius 2 is 1.54 bits per heavy atom. The fourth-order valence-electron chi connectivity index (χ4n) is 9.54. The number of carbonyl (C=O) groups excluding carboxylic acids is 2. The molecule has 2 saturated heterocycles. The van der Waals surface area contributed by atoms with E-state index in [1.165, 1.54) is 19.3 Å². The van der Waals surface area contributed by atoms with Gasteiger partial charge in [0.25, 0.3) is 0 Å². The summed E-state index contributed by atoms with van der Waals surface area (Å²) in [6.45, 7) is 9.73. The molecule has 4 aromatic rings. The minimum atomic E-state index is -0.517. The Labute approximate surface area is 332 Å². The molecule has 3 aliphatic rings. The normalized spacial score (nSPS) is 24.4. The summed E-state index contributed by atoms with van der Waals surface area (Å²) < 4.78 is 13.5. The lowest BCUT2D eigenvalue weighted by atomic mass is 9.65. The van der Waals surface area contributed by atoms with Gasteiger partial charge in [0.05, 0.1) is 30.2 Å². The second-order valence-corrected chi connectivity index (χ2v) is 17.4. The number of fused-ring (bicyclic) bond motifs is 2. The Morgan fingerprint density at radius 1 is 0.839 bits per heavy atom. The van der Waals surface area contributed by atoms with Crippen molar-refractivity contribution in [3.8, 4) is 11.1 Å². The molecule has 2 heterocycles. The number of nitrogens with zero attached hydrogens (tertiary/aromatic N) is 1. The van der Waals surface area contributed by atoms with Crippen LogP contribution in [-0.4, -0.2) is 47.1 Å². The maximum atomic E-state index is 12.8. The molecule has 5 atom stereocenters. The van der Waals surface area contributed by atoms with E-state index in [9.17, 15) is 14.7 Å². The SMILES string of the molecule is CC1(C)CC2CC(C)(CN2C[C@@H]2C[C@H](c3ccc(CO)cc3)O[C@H](c3ccc(-c4ccccc4CNC(=O)CCCCC(=O)Nc4ccccc4N)cc3)O2)C1. The Bertz CT molecular complexity index is 1960. The van der Waals surface area contributed by atoms with Crippen molar-refractivity contribution in [1.29, 1.82) is 0 Å². The van der Waals surface area contributed by atoms with Crippen LogP contribution in [0.25, 0.3) is 11.1 Å². The number of ether oxygens (including phenoxy) is 2. The van der Waals surface area contributed by atoms with Crippen molar-refractivity contribution >= 4 is 23.2 Å². The van der Waals surface area contributed by atoms with Crippen molar-refractivity contribution in [1.82, 2.24) is 10.2 Å². The van der Waals surface area contributed by atoms with E-state index in [0.29, 0.717) is 60.5 Å². The molecule has 2 bridgehead atoms. The van der Waals surface area contributed by atoms with Gasteiger partial charge in [-0.3, -0.25) is 14.5 Å². The van der Waals surface area contributed by atoms with Crippen LogP contribution in [0.5, 0.6) is 0 Å². The molecule has 0 aromatic heterocycles. The molecule has 1 saturated carbocycles. The Morgan fingerprint density at radius 3 is 2.29 bits per heavy atom. The number of anilines is 2. The van der Waals surface area contributed by atoms with Crippen LogP contribution in [0.3, 0.4) is 0 Å². The highest BCUT2D eigenvalue weighted by molar-refractivity contribution is 5.93. The molecule has 7 rings (SSSR count). The summed E-state index contributed by atoms with van der Waals surface area (Å²) in [6.07, 6.45) is 5.78. The van der Waals surface area contributed by atoms with E-state index in [2.05, 4.69) is 78.8 Å². The van der Waals surface area contributed by atoms with Crippen LogP contribution in [-0.2, 0) is 32.2 Å². The zero-order valence-corrected chi connectivity index (χ0v) is 33.1. The highest BCUT2D eigenvalue weighted by atomic mass is 16.7. The van der Waals surface area contributed by atoms with E-state index < -0.39 is 6.29 Å². The number of benzene rings is 4. The molecular weight excluding hydrogens is 701 g/mol. The number of likely N-dealkylation sites (tertiary alicyclic amines) is 1. The van der Waals surface area contributed by atoms with Gasteiger partial charge in [-0.05, 0) is 82.9 Å². The number of hydrogen-bond acceptors (Lipinski definition) is 7. The lowest BCUT2D eigenvalue weighted by molar-refractivity contribution is -0.253. The van der Waals surface area contributed by atoms with Gasteiger partial charge in [-0.2, -0.15) is 0 Å². The number of carbonyl (C=O) groups is 2. The highest BCUT2D eigenvalue weighted by Crippen LogP contribution is 2.53. The quantitative estimate of drug-likeness (QED) is 0.0749. The van der Waals surface area contributed by atoms with Crippen LogP contribution in [0.1, 0.15) is 107 Å². The number of hydrogen-bond donors (Lipinski definition) is 4. The topological polar surface area (TPSA) is 126 Å². The highest BCUT2D eigenvalue weighted by Gasteiger charge is 2.50. The molecule has 3 fully saturated rings. The summed E-state index contributed by atoms with van der Waals surface area (Å²) in [5.74, 6) is -0.152. The number of unbranched alkanes of at least 4 members (excludes halogenated alkanes) is 1. The van der Waals surface area contributed by atoms with E-state index in [1.807, 2.05) is 42.5 Å². The fraction of sp³-hybridized carbons (Fsp3) is 0.447. The van der Waals surface area contributed by atoms with Gasteiger partial charge in [0.15, 0.2) is 6.29 Å². The lowest BCUT2D eigenvalue weighted by Gasteiger charge is -2.41. The van der Waals surface area contributed by atoms with Gasteiger partial charge in [0.2, 0.25) is 11.8 Å². The van der Waals surface area contributed by atoms with E-state index in [4.69, 9.17) is 15.2 Å². The van der Waals surface area contributed by atoms with E-state index >= 15 is 0 Å². The minimum absolute atomic E-state index is 0.0113. The van der Waals surface area contributed by atoms with Gasteiger partial charge in [-0.1, -0.05) is 106 Å². The third-order valence-electron chi connectivity index (χ3n) is 11.9. The monoisotopic (exact) mass is 758 g/mol. The van der Waals surface area contributed by atoms with Crippen molar-refractivity contribution in [3.63, 3.8) is 0 Å². The number of nitrogens with one attached hydrogen (secondary N) is 2. The van der Waals surface area contributed by atoms with Crippen LogP contribution in [0.15, 0.2) is 97.1 Å². The van der Waals surface area contributed by atoms with Gasteiger partial charge < -0.3 is 30.9 Å². The number of amides is 2. The first-order chi connectivity index (χ1) is 27.0. The van der Waals surface area contributed by atoms with Gasteiger partial charge in [-0.25, -0.2) is 0 Å². The average molecular weight is 759 g/mol. The number of aliphatic hydroxyl groups is 1. The molecule has 2 aliphatic heterocycles. The van der Waals surface area contributed by atoms with Crippen molar-refractivity contribution < 1.29 is 24.2 Å². The summed E-state index contributed by atoms with van der Waals surface area (Å²) in [4.78, 5) is 27.8. The Hall–Kier alpha value is -4.54. The maximum absolute atomic E-state index is 12.8. The summed E-state index contributed by atoms with van der Waals surface area (Å²) in [7, 11) is 0. The zero-order chi connectivity index (χ0) is 39.3. The summed E-state index contributed by atoms with van der Waals surface area (Å²) in [5, 5.41) is 15.6. The molecular formula is C47H58N4O5. The Balaban J connectivity index is 0.971. The number of rotatable bonds is 14. The van der Waals surface area contributed by atoms with Crippen LogP contribution in [0.4, 0.5) is 11.4 Å². The van der Waals surface area contributed by atoms with Crippen LogP contribution in [0.2, 0.25) is 0 Å². The number of nitrogens with two attached hydrogens (primary N) is 1. The van der Waals surface area contributed by atoms with Crippen LogP contribution in [0, 0.1) is 10.8 Å². The zero-order valence-electron chi connectivity index (χ0n) is 33.1. The first-order valence-corrected chi connectivity index (χ1v) is 20.3. The third-order valence-corrected chi connectivity index (χ3v) is 11.9. The van der Waals surface area contributed by atoms with Gasteiger partial charge in [-0.15, -0.1) is 0 Å². The predicted octanol–water partition coefficient (Wildman–Crippen LogP) is 8.69. The van der Waals surface area contributed by atoms with Gasteiger partial charge in [0, 0.05) is 50.5 Å². The molecule has 0 spiro atoms. The molecule has 56 heavy (non-hydrogen) atoms. The maximum Gasteiger partial charge on any atom is 0.224 e. The smallest absolute Gasteiger partial charge is 0.224 e. The first kappa shape index (κ1) is 39.7. The van der Waals surface area contributed by atoms with Crippen molar-refractivity contribution in [2.45, 2.75) is 110 Å². The lowest BCUT2D eigenvalue weighted by Crippen LogP contribution is -2.42. The van der Waals surface area contributed by atoms with Gasteiger partial charge in [0.1, 0.15) is 0 Å². The second kappa shape index (κ2) is 17.3.